The molecule has 0 saturated carbocycles. The Morgan fingerprint density at radius 1 is 1.14 bits per heavy atom. The lowest BCUT2D eigenvalue weighted by atomic mass is 10.1. The second-order valence-electron chi connectivity index (χ2n) is 6.38. The Labute approximate surface area is 171 Å². The third-order valence-electron chi connectivity index (χ3n) is 4.54. The fraction of sp³-hybridized carbons (Fsp3) is 0.158. The quantitative estimate of drug-likeness (QED) is 0.605. The molecule has 2 aromatic carbocycles. The first-order valence-electron chi connectivity index (χ1n) is 8.38. The van der Waals surface area contributed by atoms with Gasteiger partial charge in [0.05, 0.1) is 16.6 Å². The zero-order chi connectivity index (χ0) is 20.5. The molecule has 0 aliphatic rings. The molecule has 1 atom stereocenters. The van der Waals surface area contributed by atoms with Crippen LogP contribution in [-0.4, -0.2) is 36.5 Å². The van der Waals surface area contributed by atoms with Gasteiger partial charge in [-0.1, -0.05) is 40.2 Å². The molecule has 3 N–H and O–H groups in total. The third kappa shape index (κ3) is 4.32. The molecule has 0 saturated heterocycles. The molecule has 3 aromatic rings. The molecule has 0 spiro atoms. The van der Waals surface area contributed by atoms with Crippen molar-refractivity contribution in [2.75, 3.05) is 7.05 Å². The number of aromatic amines is 1. The Kier molecular flexibility index (Phi) is 5.69. The average Bonchev–Trinajstić information content (AvgIpc) is 3.16. The number of hydrogen-bond donors (Lipinski definition) is 2. The van der Waals surface area contributed by atoms with Gasteiger partial charge in [-0.15, -0.1) is 0 Å². The predicted octanol–water partition coefficient (Wildman–Crippen LogP) is 3.32. The number of H-pyrrole nitrogens is 1. The van der Waals surface area contributed by atoms with Crippen molar-refractivity contribution in [3.05, 3.63) is 70.3 Å². The second-order valence-corrected chi connectivity index (χ2v) is 8.86. The van der Waals surface area contributed by atoms with Gasteiger partial charge in [-0.25, -0.2) is 13.6 Å². The highest BCUT2D eigenvalue weighted by Gasteiger charge is 2.21. The second kappa shape index (κ2) is 7.86. The van der Waals surface area contributed by atoms with Crippen LogP contribution in [0.5, 0.6) is 0 Å². The molecule has 0 fully saturated rings. The highest BCUT2D eigenvalue weighted by Crippen LogP contribution is 2.24. The Morgan fingerprint density at radius 3 is 2.32 bits per heavy atom. The molecule has 0 bridgehead atoms. The number of nitrogens with one attached hydrogen (secondary N) is 1. The van der Waals surface area contributed by atoms with Crippen LogP contribution in [0.1, 0.15) is 29.0 Å². The van der Waals surface area contributed by atoms with Gasteiger partial charge >= 0.3 is 0 Å². The number of amides is 1. The summed E-state index contributed by atoms with van der Waals surface area (Å²) in [7, 11) is -2.07. The molecule has 1 heterocycles. The van der Waals surface area contributed by atoms with Crippen molar-refractivity contribution in [1.82, 2.24) is 15.1 Å². The van der Waals surface area contributed by atoms with Gasteiger partial charge in [-0.05, 0) is 42.8 Å². The Hall–Kier alpha value is -2.49. The van der Waals surface area contributed by atoms with Crippen LogP contribution in [0.2, 0.25) is 0 Å². The summed E-state index contributed by atoms with van der Waals surface area (Å²) in [5.74, 6) is -0.223. The molecule has 1 aromatic heterocycles. The maximum absolute atomic E-state index is 12.8. The Morgan fingerprint density at radius 2 is 1.75 bits per heavy atom. The van der Waals surface area contributed by atoms with Gasteiger partial charge in [0.15, 0.2) is 0 Å². The maximum Gasteiger partial charge on any atom is 0.272 e. The normalized spacial score (nSPS) is 12.6. The van der Waals surface area contributed by atoms with Crippen molar-refractivity contribution in [2.24, 2.45) is 5.14 Å². The number of nitrogens with two attached hydrogens (primary N) is 1. The number of carbonyl (C=O) groups is 1. The summed E-state index contributed by atoms with van der Waals surface area (Å²) in [6.07, 6.45) is 0. The van der Waals surface area contributed by atoms with Crippen LogP contribution in [0.3, 0.4) is 0 Å². The minimum absolute atomic E-state index is 0.0325. The first-order valence-corrected chi connectivity index (χ1v) is 10.7. The predicted molar refractivity (Wildman–Crippen MR) is 110 cm³/mol. The number of nitrogens with zero attached hydrogens (tertiary/aromatic N) is 2. The topological polar surface area (TPSA) is 109 Å². The van der Waals surface area contributed by atoms with E-state index >= 15 is 0 Å². The molecule has 7 nitrogen and oxygen atoms in total. The van der Waals surface area contributed by atoms with Crippen LogP contribution in [-0.2, 0) is 10.0 Å². The number of aromatic nitrogens is 2. The molecule has 28 heavy (non-hydrogen) atoms. The van der Waals surface area contributed by atoms with Crippen molar-refractivity contribution >= 4 is 31.9 Å². The molecule has 0 aliphatic carbocycles. The van der Waals surface area contributed by atoms with Crippen molar-refractivity contribution in [1.29, 1.82) is 0 Å². The van der Waals surface area contributed by atoms with Gasteiger partial charge < -0.3 is 4.90 Å². The number of sulfonamides is 1. The van der Waals surface area contributed by atoms with Gasteiger partial charge in [0.2, 0.25) is 10.0 Å². The summed E-state index contributed by atoms with van der Waals surface area (Å²) >= 11 is 3.39. The number of rotatable bonds is 5. The van der Waals surface area contributed by atoms with Crippen LogP contribution < -0.4 is 5.14 Å². The van der Waals surface area contributed by atoms with Crippen LogP contribution in [0, 0.1) is 0 Å². The van der Waals surface area contributed by atoms with Crippen molar-refractivity contribution in [3.63, 3.8) is 0 Å². The molecule has 0 aliphatic heterocycles. The van der Waals surface area contributed by atoms with Crippen molar-refractivity contribution < 1.29 is 13.2 Å². The number of benzene rings is 2. The van der Waals surface area contributed by atoms with E-state index in [-0.39, 0.29) is 16.8 Å². The molecule has 146 valence electrons. The number of carbonyl (C=O) groups excluding carboxylic acids is 1. The van der Waals surface area contributed by atoms with Gasteiger partial charge in [0, 0.05) is 17.1 Å². The summed E-state index contributed by atoms with van der Waals surface area (Å²) in [4.78, 5) is 14.4. The molecular weight excluding hydrogens is 444 g/mol. The van der Waals surface area contributed by atoms with Crippen LogP contribution in [0.15, 0.2) is 64.0 Å². The molecular formula is C19H19BrN4O3S. The highest BCUT2D eigenvalue weighted by atomic mass is 79.9. The number of primary sulfonamides is 1. The van der Waals surface area contributed by atoms with Crippen LogP contribution in [0.4, 0.5) is 0 Å². The Bertz CT molecular complexity index is 1090. The van der Waals surface area contributed by atoms with Crippen molar-refractivity contribution in [2.45, 2.75) is 17.9 Å². The summed E-state index contributed by atoms with van der Waals surface area (Å²) in [5, 5.41) is 12.1. The van der Waals surface area contributed by atoms with Gasteiger partial charge in [0.1, 0.15) is 5.69 Å². The van der Waals surface area contributed by atoms with E-state index in [1.54, 1.807) is 30.1 Å². The summed E-state index contributed by atoms with van der Waals surface area (Å²) in [6, 6.07) is 15.2. The van der Waals surface area contributed by atoms with Crippen molar-refractivity contribution in [3.8, 4) is 11.3 Å². The summed E-state index contributed by atoms with van der Waals surface area (Å²) < 4.78 is 23.7. The van der Waals surface area contributed by atoms with E-state index < -0.39 is 10.0 Å². The maximum atomic E-state index is 12.8. The first-order chi connectivity index (χ1) is 13.2. The van der Waals surface area contributed by atoms with Crippen LogP contribution in [0.25, 0.3) is 11.3 Å². The van der Waals surface area contributed by atoms with E-state index in [2.05, 4.69) is 26.1 Å². The van der Waals surface area contributed by atoms with E-state index in [1.165, 1.54) is 12.1 Å². The number of hydrogen-bond acceptors (Lipinski definition) is 4. The lowest BCUT2D eigenvalue weighted by molar-refractivity contribution is 0.0736. The number of halogens is 1. The zero-order valence-corrected chi connectivity index (χ0v) is 17.7. The fourth-order valence-corrected chi connectivity index (χ4v) is 3.51. The molecule has 9 heteroatoms. The van der Waals surface area contributed by atoms with Gasteiger partial charge in [-0.3, -0.25) is 9.89 Å². The largest absolute Gasteiger partial charge is 0.334 e. The van der Waals surface area contributed by atoms with E-state index in [4.69, 9.17) is 5.14 Å². The molecule has 3 rings (SSSR count). The standard InChI is InChI=1S/C19H19BrN4O3S/c1-12(13-5-9-16(10-6-13)28(21,26)27)24(2)19(25)18-11-17(22-23-18)14-3-7-15(20)8-4-14/h3-12H,1-2H3,(H,22,23)(H2,21,26,27). The van der Waals surface area contributed by atoms with E-state index in [1.807, 2.05) is 31.2 Å². The van der Waals surface area contributed by atoms with E-state index in [9.17, 15) is 13.2 Å². The highest BCUT2D eigenvalue weighted by molar-refractivity contribution is 9.10. The Balaban J connectivity index is 1.77. The van der Waals surface area contributed by atoms with E-state index in [0.717, 1.165) is 15.6 Å². The molecule has 0 radical (unpaired) electrons. The minimum atomic E-state index is -3.75. The summed E-state index contributed by atoms with van der Waals surface area (Å²) in [5.41, 5.74) is 2.73. The zero-order valence-electron chi connectivity index (χ0n) is 15.3. The molecule has 1 unspecified atom stereocenters. The minimum Gasteiger partial charge on any atom is -0.334 e. The smallest absolute Gasteiger partial charge is 0.272 e. The first kappa shape index (κ1) is 20.2. The van der Waals surface area contributed by atoms with E-state index in [0.29, 0.717) is 11.4 Å². The molecule has 1 amide bonds. The fourth-order valence-electron chi connectivity index (χ4n) is 2.73. The van der Waals surface area contributed by atoms with Crippen LogP contribution >= 0.6 is 15.9 Å². The van der Waals surface area contributed by atoms with Gasteiger partial charge in [-0.2, -0.15) is 5.10 Å². The van der Waals surface area contributed by atoms with Gasteiger partial charge in [0.25, 0.3) is 5.91 Å². The summed E-state index contributed by atoms with van der Waals surface area (Å²) in [6.45, 7) is 1.86. The average molecular weight is 463 g/mol. The lowest BCUT2D eigenvalue weighted by Crippen LogP contribution is -2.30. The monoisotopic (exact) mass is 462 g/mol. The lowest BCUT2D eigenvalue weighted by Gasteiger charge is -2.24. The SMILES string of the molecule is CC(c1ccc(S(N)(=O)=O)cc1)N(C)C(=O)c1cc(-c2ccc(Br)cc2)n[nH]1. The third-order valence-corrected chi connectivity index (χ3v) is 6.00.